The number of methoxy groups -OCH3 is 1. The summed E-state index contributed by atoms with van der Waals surface area (Å²) in [5.74, 6) is 0.303. The summed E-state index contributed by atoms with van der Waals surface area (Å²) in [6.45, 7) is 0.274. The molecule has 0 aliphatic carbocycles. The Balaban J connectivity index is 1.49. The number of hydrogen-bond donors (Lipinski definition) is 1. The first kappa shape index (κ1) is 21.7. The van der Waals surface area contributed by atoms with Crippen molar-refractivity contribution in [2.75, 3.05) is 19.0 Å². The van der Waals surface area contributed by atoms with E-state index in [0.717, 1.165) is 11.3 Å². The summed E-state index contributed by atoms with van der Waals surface area (Å²) < 4.78 is 32.4. The van der Waals surface area contributed by atoms with Gasteiger partial charge in [0.25, 0.3) is 0 Å². The van der Waals surface area contributed by atoms with Crippen LogP contribution in [0.4, 0.5) is 5.13 Å². The molecular weight excluding hydrogens is 460 g/mol. The predicted molar refractivity (Wildman–Crippen MR) is 119 cm³/mol. The minimum absolute atomic E-state index is 0.106. The van der Waals surface area contributed by atoms with E-state index in [0.29, 0.717) is 28.0 Å². The molecule has 1 fully saturated rings. The molecule has 1 aromatic heterocycles. The lowest BCUT2D eigenvalue weighted by molar-refractivity contribution is -0.119. The molecule has 3 aromatic rings. The highest BCUT2D eigenvalue weighted by Gasteiger charge is 2.39. The second-order valence-corrected chi connectivity index (χ2v) is 10.2. The highest BCUT2D eigenvalue weighted by molar-refractivity contribution is 7.89. The van der Waals surface area contributed by atoms with Crippen molar-refractivity contribution < 1.29 is 17.9 Å². The molecule has 4 rings (SSSR count). The Morgan fingerprint density at radius 3 is 2.55 bits per heavy atom. The SMILES string of the molecule is COc1ccc(-c2nnc(NC(=O)C3CCCN3S(=O)(=O)c3ccc(Cl)cc3)s2)cc1. The van der Waals surface area contributed by atoms with Crippen LogP contribution >= 0.6 is 22.9 Å². The Hall–Kier alpha value is -2.53. The van der Waals surface area contributed by atoms with Crippen LogP contribution in [0.5, 0.6) is 5.75 Å². The van der Waals surface area contributed by atoms with Crippen LogP contribution in [-0.4, -0.2) is 48.5 Å². The van der Waals surface area contributed by atoms with Crippen molar-refractivity contribution in [2.24, 2.45) is 0 Å². The number of nitrogens with zero attached hydrogens (tertiary/aromatic N) is 3. The van der Waals surface area contributed by atoms with Gasteiger partial charge in [-0.25, -0.2) is 8.42 Å². The molecule has 1 aliphatic rings. The smallest absolute Gasteiger partial charge is 0.244 e. The Morgan fingerprint density at radius 2 is 1.87 bits per heavy atom. The van der Waals surface area contributed by atoms with Crippen molar-refractivity contribution in [1.29, 1.82) is 0 Å². The van der Waals surface area contributed by atoms with Crippen LogP contribution in [0.15, 0.2) is 53.4 Å². The molecule has 8 nitrogen and oxygen atoms in total. The van der Waals surface area contributed by atoms with Gasteiger partial charge in [0, 0.05) is 17.1 Å². The molecule has 1 amide bonds. The van der Waals surface area contributed by atoms with E-state index in [1.807, 2.05) is 24.3 Å². The number of amides is 1. The van der Waals surface area contributed by atoms with Crippen molar-refractivity contribution in [2.45, 2.75) is 23.8 Å². The van der Waals surface area contributed by atoms with Gasteiger partial charge >= 0.3 is 0 Å². The van der Waals surface area contributed by atoms with Gasteiger partial charge in [-0.05, 0) is 61.4 Å². The van der Waals surface area contributed by atoms with Crippen LogP contribution in [0.25, 0.3) is 10.6 Å². The number of nitrogens with one attached hydrogen (secondary N) is 1. The van der Waals surface area contributed by atoms with Gasteiger partial charge < -0.3 is 4.74 Å². The minimum Gasteiger partial charge on any atom is -0.497 e. The third-order valence-corrected chi connectivity index (χ3v) is 7.98. The monoisotopic (exact) mass is 478 g/mol. The highest BCUT2D eigenvalue weighted by Crippen LogP contribution is 2.30. The lowest BCUT2D eigenvalue weighted by Gasteiger charge is -2.23. The van der Waals surface area contributed by atoms with Crippen molar-refractivity contribution >= 4 is 44.0 Å². The lowest BCUT2D eigenvalue weighted by Crippen LogP contribution is -2.43. The molecule has 2 aromatic carbocycles. The van der Waals surface area contributed by atoms with Crippen LogP contribution in [0, 0.1) is 0 Å². The summed E-state index contributed by atoms with van der Waals surface area (Å²) in [6, 6.07) is 12.4. The number of anilines is 1. The third-order valence-electron chi connectivity index (χ3n) is 4.92. The molecule has 0 spiro atoms. The summed E-state index contributed by atoms with van der Waals surface area (Å²) in [6.07, 6.45) is 1.03. The fourth-order valence-electron chi connectivity index (χ4n) is 3.34. The zero-order valence-electron chi connectivity index (χ0n) is 16.5. The number of hydrogen-bond acceptors (Lipinski definition) is 7. The van der Waals surface area contributed by atoms with E-state index in [4.69, 9.17) is 16.3 Å². The molecular formula is C20H19ClN4O4S2. The van der Waals surface area contributed by atoms with Gasteiger partial charge in [-0.15, -0.1) is 10.2 Å². The summed E-state index contributed by atoms with van der Waals surface area (Å²) in [5.41, 5.74) is 0.839. The van der Waals surface area contributed by atoms with Crippen LogP contribution in [0.2, 0.25) is 5.02 Å². The quantitative estimate of drug-likeness (QED) is 0.580. The Kier molecular flexibility index (Phi) is 6.24. The standard InChI is InChI=1S/C20H19ClN4O4S2/c1-29-15-8-4-13(5-9-15)19-23-24-20(30-19)22-18(26)17-3-2-12-25(17)31(27,28)16-10-6-14(21)7-11-16/h4-11,17H,2-3,12H2,1H3,(H,22,24,26). The van der Waals surface area contributed by atoms with E-state index in [2.05, 4.69) is 15.5 Å². The molecule has 1 atom stereocenters. The van der Waals surface area contributed by atoms with E-state index in [1.54, 1.807) is 7.11 Å². The number of aromatic nitrogens is 2. The van der Waals surface area contributed by atoms with Gasteiger partial charge in [-0.3, -0.25) is 10.1 Å². The maximum atomic E-state index is 13.0. The topological polar surface area (TPSA) is 101 Å². The third kappa shape index (κ3) is 4.57. The number of halogens is 1. The molecule has 11 heteroatoms. The van der Waals surface area contributed by atoms with Crippen LogP contribution in [0.1, 0.15) is 12.8 Å². The van der Waals surface area contributed by atoms with Gasteiger partial charge in [0.2, 0.25) is 21.1 Å². The van der Waals surface area contributed by atoms with Crippen molar-refractivity contribution in [1.82, 2.24) is 14.5 Å². The van der Waals surface area contributed by atoms with Gasteiger partial charge in [0.15, 0.2) is 0 Å². The first-order valence-corrected chi connectivity index (χ1v) is 12.1. The average Bonchev–Trinajstić information content (AvgIpc) is 3.44. The van der Waals surface area contributed by atoms with Crippen LogP contribution in [-0.2, 0) is 14.8 Å². The average molecular weight is 479 g/mol. The van der Waals surface area contributed by atoms with Crippen molar-refractivity contribution in [3.05, 3.63) is 53.6 Å². The van der Waals surface area contributed by atoms with Gasteiger partial charge in [-0.1, -0.05) is 22.9 Å². The van der Waals surface area contributed by atoms with Crippen molar-refractivity contribution in [3.63, 3.8) is 0 Å². The molecule has 0 saturated carbocycles. The number of carbonyl (C=O) groups excluding carboxylic acids is 1. The maximum absolute atomic E-state index is 13.0. The molecule has 1 unspecified atom stereocenters. The zero-order valence-corrected chi connectivity index (χ0v) is 18.9. The van der Waals surface area contributed by atoms with E-state index < -0.39 is 22.0 Å². The second kappa shape index (κ2) is 8.91. The molecule has 1 N–H and O–H groups in total. The van der Waals surface area contributed by atoms with Gasteiger partial charge in [0.1, 0.15) is 16.8 Å². The van der Waals surface area contributed by atoms with Gasteiger partial charge in [0.05, 0.1) is 12.0 Å². The largest absolute Gasteiger partial charge is 0.497 e. The van der Waals surface area contributed by atoms with E-state index in [1.165, 1.54) is 39.9 Å². The first-order valence-electron chi connectivity index (χ1n) is 9.45. The van der Waals surface area contributed by atoms with Crippen LogP contribution in [0.3, 0.4) is 0 Å². The van der Waals surface area contributed by atoms with E-state index >= 15 is 0 Å². The highest BCUT2D eigenvalue weighted by atomic mass is 35.5. The fourth-order valence-corrected chi connectivity index (χ4v) is 5.88. The molecule has 0 bridgehead atoms. The number of sulfonamides is 1. The van der Waals surface area contributed by atoms with Gasteiger partial charge in [-0.2, -0.15) is 4.31 Å². The fraction of sp³-hybridized carbons (Fsp3) is 0.250. The molecule has 1 saturated heterocycles. The van der Waals surface area contributed by atoms with Crippen LogP contribution < -0.4 is 10.1 Å². The number of carbonyl (C=O) groups is 1. The minimum atomic E-state index is -3.82. The van der Waals surface area contributed by atoms with E-state index in [9.17, 15) is 13.2 Å². The molecule has 1 aliphatic heterocycles. The predicted octanol–water partition coefficient (Wildman–Crippen LogP) is 3.66. The Morgan fingerprint density at radius 1 is 1.16 bits per heavy atom. The zero-order chi connectivity index (χ0) is 22.0. The Labute approximate surface area is 188 Å². The Bertz CT molecular complexity index is 1180. The second-order valence-electron chi connectivity index (χ2n) is 6.86. The summed E-state index contributed by atoms with van der Waals surface area (Å²) in [7, 11) is -2.23. The normalized spacial score (nSPS) is 16.9. The number of ether oxygens (including phenoxy) is 1. The summed E-state index contributed by atoms with van der Waals surface area (Å²) >= 11 is 7.08. The number of benzene rings is 2. The number of rotatable bonds is 6. The van der Waals surface area contributed by atoms with E-state index in [-0.39, 0.29) is 11.4 Å². The lowest BCUT2D eigenvalue weighted by atomic mass is 10.2. The summed E-state index contributed by atoms with van der Waals surface area (Å²) in [4.78, 5) is 13.0. The first-order chi connectivity index (χ1) is 14.9. The molecule has 2 heterocycles. The summed E-state index contributed by atoms with van der Waals surface area (Å²) in [5, 5.41) is 12.2. The molecule has 162 valence electrons. The molecule has 31 heavy (non-hydrogen) atoms. The maximum Gasteiger partial charge on any atom is 0.244 e. The molecule has 0 radical (unpaired) electrons. The van der Waals surface area contributed by atoms with Crippen molar-refractivity contribution in [3.8, 4) is 16.3 Å².